The Kier molecular flexibility index (Phi) is 3.23. The molecule has 1 atom stereocenters. The Hall–Kier alpha value is -1.69. The Morgan fingerprint density at radius 3 is 2.65 bits per heavy atom. The molecule has 2 aromatic rings. The van der Waals surface area contributed by atoms with Gasteiger partial charge in [-0.3, -0.25) is 0 Å². The van der Waals surface area contributed by atoms with E-state index >= 15 is 0 Å². The quantitative estimate of drug-likeness (QED) is 0.867. The molecule has 0 saturated heterocycles. The van der Waals surface area contributed by atoms with Crippen LogP contribution in [0.1, 0.15) is 30.8 Å². The van der Waals surface area contributed by atoms with Gasteiger partial charge in [-0.2, -0.15) is 4.98 Å². The number of nitrogens with zero attached hydrogens (tertiary/aromatic N) is 3. The van der Waals surface area contributed by atoms with Crippen LogP contribution >= 0.6 is 0 Å². The van der Waals surface area contributed by atoms with E-state index in [0.29, 0.717) is 29.8 Å². The maximum Gasteiger partial charge on any atom is 0.295 e. The van der Waals surface area contributed by atoms with Crippen molar-refractivity contribution in [2.45, 2.75) is 39.7 Å². The summed E-state index contributed by atoms with van der Waals surface area (Å²) in [4.78, 5) is 8.41. The second-order valence-electron chi connectivity index (χ2n) is 4.04. The van der Waals surface area contributed by atoms with Crippen LogP contribution in [-0.4, -0.2) is 21.2 Å². The van der Waals surface area contributed by atoms with Gasteiger partial charge in [-0.1, -0.05) is 12.1 Å². The Morgan fingerprint density at radius 1 is 1.29 bits per heavy atom. The zero-order valence-corrected chi connectivity index (χ0v) is 10.2. The van der Waals surface area contributed by atoms with Crippen LogP contribution in [0.5, 0.6) is 0 Å². The van der Waals surface area contributed by atoms with Gasteiger partial charge in [0, 0.05) is 19.4 Å². The predicted octanol–water partition coefficient (Wildman–Crippen LogP) is 1.62. The van der Waals surface area contributed by atoms with Crippen LogP contribution in [0.3, 0.4) is 0 Å². The fraction of sp³-hybridized carbons (Fsp3) is 0.545. The highest BCUT2D eigenvalue weighted by Gasteiger charge is 2.17. The fourth-order valence-electron chi connectivity index (χ4n) is 1.54. The Bertz CT molecular complexity index is 503. The zero-order chi connectivity index (χ0) is 12.4. The molecule has 0 aliphatic heterocycles. The molecule has 17 heavy (non-hydrogen) atoms. The van der Waals surface area contributed by atoms with Gasteiger partial charge in [-0.05, 0) is 13.3 Å². The predicted molar refractivity (Wildman–Crippen MR) is 61.2 cm³/mol. The van der Waals surface area contributed by atoms with Crippen molar-refractivity contribution in [2.24, 2.45) is 5.73 Å². The van der Waals surface area contributed by atoms with Gasteiger partial charge in [0.05, 0.1) is 5.69 Å². The fourth-order valence-corrected chi connectivity index (χ4v) is 1.54. The number of aryl methyl sites for hydroxylation is 2. The third-order valence-corrected chi connectivity index (χ3v) is 2.53. The molecule has 0 aromatic carbocycles. The average molecular weight is 236 g/mol. The molecule has 1 unspecified atom stereocenters. The summed E-state index contributed by atoms with van der Waals surface area (Å²) in [6.07, 6.45) is 1.48. The van der Waals surface area contributed by atoms with Crippen molar-refractivity contribution in [3.8, 4) is 11.7 Å². The smallest absolute Gasteiger partial charge is 0.295 e. The first-order valence-corrected chi connectivity index (χ1v) is 5.62. The maximum atomic E-state index is 5.83. The van der Waals surface area contributed by atoms with Crippen molar-refractivity contribution < 1.29 is 8.94 Å². The highest BCUT2D eigenvalue weighted by molar-refractivity contribution is 5.47. The first-order valence-electron chi connectivity index (χ1n) is 5.62. The molecule has 0 spiro atoms. The molecule has 0 saturated carbocycles. The van der Waals surface area contributed by atoms with E-state index < -0.39 is 0 Å². The molecule has 0 aliphatic rings. The number of aromatic nitrogens is 3. The molecule has 2 heterocycles. The minimum Gasteiger partial charge on any atom is -0.436 e. The lowest BCUT2D eigenvalue weighted by Gasteiger charge is -2.02. The van der Waals surface area contributed by atoms with E-state index in [9.17, 15) is 0 Å². The summed E-state index contributed by atoms with van der Waals surface area (Å²) in [5, 5.41) is 3.88. The number of rotatable bonds is 4. The lowest BCUT2D eigenvalue weighted by atomic mass is 10.2. The largest absolute Gasteiger partial charge is 0.436 e. The molecular formula is C11H16N4O2. The van der Waals surface area contributed by atoms with E-state index in [1.807, 2.05) is 13.8 Å². The van der Waals surface area contributed by atoms with Crippen LogP contribution in [0.25, 0.3) is 11.7 Å². The number of hydrogen-bond donors (Lipinski definition) is 1. The van der Waals surface area contributed by atoms with Crippen LogP contribution in [-0.2, 0) is 6.42 Å². The molecule has 0 fully saturated rings. The molecule has 92 valence electrons. The van der Waals surface area contributed by atoms with Gasteiger partial charge in [0.15, 0.2) is 11.7 Å². The minimum atomic E-state index is 0.0537. The Morgan fingerprint density at radius 2 is 2.06 bits per heavy atom. The molecule has 6 heteroatoms. The van der Waals surface area contributed by atoms with Crippen molar-refractivity contribution in [3.05, 3.63) is 17.4 Å². The summed E-state index contributed by atoms with van der Waals surface area (Å²) >= 11 is 0. The molecule has 2 rings (SSSR count). The van der Waals surface area contributed by atoms with Crippen molar-refractivity contribution in [1.29, 1.82) is 0 Å². The van der Waals surface area contributed by atoms with E-state index in [1.54, 1.807) is 6.92 Å². The van der Waals surface area contributed by atoms with Gasteiger partial charge in [0.1, 0.15) is 0 Å². The highest BCUT2D eigenvalue weighted by Crippen LogP contribution is 2.22. The second kappa shape index (κ2) is 4.67. The van der Waals surface area contributed by atoms with Gasteiger partial charge in [0.25, 0.3) is 5.89 Å². The molecule has 0 amide bonds. The molecule has 0 aliphatic carbocycles. The molecule has 2 aromatic heterocycles. The monoisotopic (exact) mass is 236 g/mol. The normalized spacial score (nSPS) is 12.9. The van der Waals surface area contributed by atoms with Crippen molar-refractivity contribution in [1.82, 2.24) is 15.1 Å². The summed E-state index contributed by atoms with van der Waals surface area (Å²) < 4.78 is 10.5. The van der Waals surface area contributed by atoms with Gasteiger partial charge < -0.3 is 14.7 Å². The van der Waals surface area contributed by atoms with Gasteiger partial charge in [-0.25, -0.2) is 4.98 Å². The number of oxazole rings is 1. The van der Waals surface area contributed by atoms with Crippen molar-refractivity contribution in [2.75, 3.05) is 0 Å². The van der Waals surface area contributed by atoms with Crippen LogP contribution in [0.4, 0.5) is 0 Å². The first-order chi connectivity index (χ1) is 8.10. The molecule has 0 radical (unpaired) electrons. The lowest BCUT2D eigenvalue weighted by Crippen LogP contribution is -2.21. The minimum absolute atomic E-state index is 0.0537. The van der Waals surface area contributed by atoms with Crippen LogP contribution < -0.4 is 5.73 Å². The topological polar surface area (TPSA) is 91.0 Å². The molecular weight excluding hydrogens is 220 g/mol. The zero-order valence-electron chi connectivity index (χ0n) is 10.2. The molecule has 0 bridgehead atoms. The van der Waals surface area contributed by atoms with E-state index in [4.69, 9.17) is 14.7 Å². The van der Waals surface area contributed by atoms with E-state index in [2.05, 4.69) is 15.1 Å². The lowest BCUT2D eigenvalue weighted by molar-refractivity contribution is 0.403. The second-order valence-corrected chi connectivity index (χ2v) is 4.04. The van der Waals surface area contributed by atoms with E-state index in [-0.39, 0.29) is 6.04 Å². The summed E-state index contributed by atoms with van der Waals surface area (Å²) in [6, 6.07) is 0.0537. The van der Waals surface area contributed by atoms with E-state index in [0.717, 1.165) is 12.1 Å². The van der Waals surface area contributed by atoms with Gasteiger partial charge in [0.2, 0.25) is 5.76 Å². The van der Waals surface area contributed by atoms with Gasteiger partial charge >= 0.3 is 0 Å². The summed E-state index contributed by atoms with van der Waals surface area (Å²) in [5.41, 5.74) is 6.58. The van der Waals surface area contributed by atoms with Crippen molar-refractivity contribution >= 4 is 0 Å². The Labute approximate surface area is 99.2 Å². The third kappa shape index (κ3) is 2.52. The SMILES string of the molecule is CCC(N)Cc1noc(-c2oc(C)nc2C)n1. The van der Waals surface area contributed by atoms with Crippen LogP contribution in [0.15, 0.2) is 8.94 Å². The van der Waals surface area contributed by atoms with Crippen LogP contribution in [0, 0.1) is 13.8 Å². The summed E-state index contributed by atoms with van der Waals surface area (Å²) in [7, 11) is 0. The van der Waals surface area contributed by atoms with Crippen molar-refractivity contribution in [3.63, 3.8) is 0 Å². The van der Waals surface area contributed by atoms with E-state index in [1.165, 1.54) is 0 Å². The standard InChI is InChI=1S/C11H16N4O2/c1-4-8(12)5-9-14-11(17-15-9)10-6(2)13-7(3)16-10/h8H,4-5,12H2,1-3H3. The third-order valence-electron chi connectivity index (χ3n) is 2.53. The first kappa shape index (κ1) is 11.8. The maximum absolute atomic E-state index is 5.83. The molecule has 6 nitrogen and oxygen atoms in total. The highest BCUT2D eigenvalue weighted by atomic mass is 16.5. The Balaban J connectivity index is 2.21. The average Bonchev–Trinajstić information content (AvgIpc) is 2.85. The summed E-state index contributed by atoms with van der Waals surface area (Å²) in [6.45, 7) is 5.64. The number of nitrogens with two attached hydrogens (primary N) is 1. The molecule has 2 N–H and O–H groups in total. The van der Waals surface area contributed by atoms with Crippen LogP contribution in [0.2, 0.25) is 0 Å². The van der Waals surface area contributed by atoms with Gasteiger partial charge in [-0.15, -0.1) is 0 Å². The summed E-state index contributed by atoms with van der Waals surface area (Å²) in [5.74, 6) is 2.08. The number of hydrogen-bond acceptors (Lipinski definition) is 6.